The van der Waals surface area contributed by atoms with E-state index in [-0.39, 0.29) is 70.7 Å². The van der Waals surface area contributed by atoms with E-state index in [0.717, 1.165) is 12.3 Å². The summed E-state index contributed by atoms with van der Waals surface area (Å²) in [6, 6.07) is 0. The van der Waals surface area contributed by atoms with Gasteiger partial charge in [-0.1, -0.05) is 6.92 Å². The summed E-state index contributed by atoms with van der Waals surface area (Å²) in [4.78, 5) is 10.8. The Kier molecular flexibility index (Phi) is 12.6. The van der Waals surface area contributed by atoms with Gasteiger partial charge in [-0.15, -0.1) is 0 Å². The molecule has 53 valence electrons. The van der Waals surface area contributed by atoms with Crippen LogP contribution in [0.3, 0.4) is 0 Å². The minimum absolute atomic E-state index is 0. The standard InChI is InChI=1S/C6H10B2O2.Rb/c1-3-5(2)6(9)10-4-8-7;/h3-4H2,1-2H3;/q-1;+1. The SMILES string of the molecule is [B][B]COC(=O)[C-](C)CC.[Rb+]. The maximum atomic E-state index is 10.8. The molecule has 0 N–H and O–H groups in total. The molecule has 0 saturated heterocycles. The topological polar surface area (TPSA) is 26.3 Å². The van der Waals surface area contributed by atoms with Crippen LogP contribution in [-0.2, 0) is 9.53 Å². The third-order valence-electron chi connectivity index (χ3n) is 1.19. The van der Waals surface area contributed by atoms with E-state index >= 15 is 0 Å². The predicted molar refractivity (Wildman–Crippen MR) is 41.7 cm³/mol. The van der Waals surface area contributed by atoms with Crippen molar-refractivity contribution in [3.8, 4) is 0 Å². The van der Waals surface area contributed by atoms with Crippen LogP contribution in [0.1, 0.15) is 20.3 Å². The number of carbonyl (C=O) groups is 1. The Hall–Kier alpha value is 1.28. The fourth-order valence-corrected chi connectivity index (χ4v) is 0.391. The molecule has 0 bridgehead atoms. The maximum Gasteiger partial charge on any atom is 1.00 e. The van der Waals surface area contributed by atoms with Gasteiger partial charge in [0, 0.05) is 14.2 Å². The molecule has 0 aliphatic carbocycles. The number of carbonyl (C=O) groups excluding carboxylic acids is 1. The average Bonchev–Trinajstić information content (AvgIpc) is 1.98. The van der Waals surface area contributed by atoms with Gasteiger partial charge in [-0.05, 0) is 0 Å². The van der Waals surface area contributed by atoms with Crippen LogP contribution in [0, 0.1) is 5.92 Å². The van der Waals surface area contributed by atoms with Gasteiger partial charge in [0.15, 0.2) is 5.97 Å². The van der Waals surface area contributed by atoms with Crippen LogP contribution < -0.4 is 58.2 Å². The number of esters is 1. The molecule has 0 aliphatic heterocycles. The van der Waals surface area contributed by atoms with Crippen molar-refractivity contribution in [2.45, 2.75) is 20.3 Å². The quantitative estimate of drug-likeness (QED) is 0.293. The van der Waals surface area contributed by atoms with Gasteiger partial charge in [-0.25, -0.2) is 0 Å². The van der Waals surface area contributed by atoms with Gasteiger partial charge >= 0.3 is 58.2 Å². The zero-order chi connectivity index (χ0) is 7.98. The molecular formula is C6H10B2O2Rb. The summed E-state index contributed by atoms with van der Waals surface area (Å²) in [5.41, 5.74) is 0. The molecule has 0 atom stereocenters. The van der Waals surface area contributed by atoms with Gasteiger partial charge in [0.05, 0.1) is 0 Å². The van der Waals surface area contributed by atoms with Crippen molar-refractivity contribution in [3.63, 3.8) is 0 Å². The molecule has 11 heavy (non-hydrogen) atoms. The van der Waals surface area contributed by atoms with Crippen molar-refractivity contribution in [2.24, 2.45) is 0 Å². The number of rotatable bonds is 4. The van der Waals surface area contributed by atoms with Crippen LogP contribution >= 0.6 is 0 Å². The van der Waals surface area contributed by atoms with Gasteiger partial charge in [0.2, 0.25) is 0 Å². The number of hydrogen-bond acceptors (Lipinski definition) is 2. The molecule has 0 saturated carbocycles. The van der Waals surface area contributed by atoms with Crippen LogP contribution in [0.15, 0.2) is 0 Å². The van der Waals surface area contributed by atoms with Gasteiger partial charge in [0.1, 0.15) is 7.17 Å². The molecule has 0 amide bonds. The van der Waals surface area contributed by atoms with Crippen molar-refractivity contribution in [2.75, 3.05) is 6.51 Å². The fourth-order valence-electron chi connectivity index (χ4n) is 0.391. The molecule has 2 nitrogen and oxygen atoms in total. The Morgan fingerprint density at radius 2 is 2.27 bits per heavy atom. The van der Waals surface area contributed by atoms with E-state index in [4.69, 9.17) is 7.74 Å². The molecule has 0 aromatic carbocycles. The fraction of sp³-hybridized carbons (Fsp3) is 0.667. The van der Waals surface area contributed by atoms with E-state index in [1.165, 1.54) is 7.17 Å². The second kappa shape index (κ2) is 9.36. The Labute approximate surface area is 119 Å². The first-order chi connectivity index (χ1) is 4.72. The van der Waals surface area contributed by atoms with E-state index < -0.39 is 0 Å². The Bertz CT molecular complexity index is 111. The molecule has 0 unspecified atom stereocenters. The first-order valence-electron chi connectivity index (χ1n) is 3.25. The summed E-state index contributed by atoms with van der Waals surface area (Å²) in [5.74, 6) is 0.464. The van der Waals surface area contributed by atoms with Gasteiger partial charge in [-0.2, -0.15) is 13.3 Å². The molecule has 5 heteroatoms. The van der Waals surface area contributed by atoms with Crippen LogP contribution in [0.2, 0.25) is 0 Å². The zero-order valence-electron chi connectivity index (χ0n) is 7.39. The van der Waals surface area contributed by atoms with Gasteiger partial charge < -0.3 is 4.74 Å². The Morgan fingerprint density at radius 3 is 2.64 bits per heavy atom. The minimum atomic E-state index is -0.260. The zero-order valence-corrected chi connectivity index (χ0v) is 12.3. The van der Waals surface area contributed by atoms with E-state index in [2.05, 4.69) is 4.74 Å². The second-order valence-corrected chi connectivity index (χ2v) is 1.97. The molecule has 0 aromatic rings. The monoisotopic (exact) mass is 221 g/mol. The second-order valence-electron chi connectivity index (χ2n) is 1.97. The molecule has 0 aromatic heterocycles. The predicted octanol–water partition coefficient (Wildman–Crippen LogP) is -2.72. The van der Waals surface area contributed by atoms with E-state index in [9.17, 15) is 4.79 Å². The first kappa shape index (κ1) is 14.8. The van der Waals surface area contributed by atoms with Gasteiger partial charge in [0.25, 0.3) is 0 Å². The minimum Gasteiger partial charge on any atom is -0.498 e. The van der Waals surface area contributed by atoms with Crippen molar-refractivity contribution in [3.05, 3.63) is 5.92 Å². The summed E-state index contributed by atoms with van der Waals surface area (Å²) >= 11 is 0. The third-order valence-corrected chi connectivity index (χ3v) is 1.19. The summed E-state index contributed by atoms with van der Waals surface area (Å²) < 4.78 is 4.69. The smallest absolute Gasteiger partial charge is 0.498 e. The largest absolute Gasteiger partial charge is 1.00 e. The summed E-state index contributed by atoms with van der Waals surface area (Å²) in [6.07, 6.45) is 0.726. The maximum absolute atomic E-state index is 10.8. The van der Waals surface area contributed by atoms with Gasteiger partial charge in [-0.3, -0.25) is 10.7 Å². The third kappa shape index (κ3) is 7.63. The molecule has 3 radical (unpaired) electrons. The summed E-state index contributed by atoms with van der Waals surface area (Å²) in [6.45, 7) is 3.85. The summed E-state index contributed by atoms with van der Waals surface area (Å²) in [7, 11) is 6.31. The molecule has 0 heterocycles. The molecule has 0 spiro atoms. The van der Waals surface area contributed by atoms with Crippen LogP contribution in [0.5, 0.6) is 0 Å². The van der Waals surface area contributed by atoms with Crippen molar-refractivity contribution in [1.29, 1.82) is 0 Å². The number of ether oxygens (including phenoxy) is 1. The summed E-state index contributed by atoms with van der Waals surface area (Å²) in [5, 5.41) is 0. The van der Waals surface area contributed by atoms with Crippen LogP contribution in [0.4, 0.5) is 0 Å². The average molecular weight is 221 g/mol. The molecule has 0 fully saturated rings. The van der Waals surface area contributed by atoms with E-state index in [1.807, 2.05) is 6.92 Å². The molecule has 0 rings (SSSR count). The molecule has 0 aliphatic rings. The van der Waals surface area contributed by atoms with Crippen molar-refractivity contribution < 1.29 is 67.7 Å². The number of hydrogen-bond donors (Lipinski definition) is 0. The van der Waals surface area contributed by atoms with Crippen molar-refractivity contribution >= 4 is 20.9 Å². The van der Waals surface area contributed by atoms with E-state index in [1.54, 1.807) is 6.92 Å². The Balaban J connectivity index is 0. The Morgan fingerprint density at radius 1 is 1.73 bits per heavy atom. The van der Waals surface area contributed by atoms with Crippen LogP contribution in [0.25, 0.3) is 0 Å². The van der Waals surface area contributed by atoms with E-state index in [0.29, 0.717) is 0 Å². The molecular weight excluding hydrogens is 211 g/mol. The first-order valence-corrected chi connectivity index (χ1v) is 3.25. The normalized spacial score (nSPS) is 7.82. The van der Waals surface area contributed by atoms with Crippen molar-refractivity contribution in [1.82, 2.24) is 0 Å². The van der Waals surface area contributed by atoms with Crippen LogP contribution in [-0.4, -0.2) is 27.4 Å².